The van der Waals surface area contributed by atoms with Crippen molar-refractivity contribution >= 4 is 63.7 Å². The van der Waals surface area contributed by atoms with E-state index >= 15 is 0 Å². The molecule has 6 rings (SSSR count). The third-order valence-corrected chi connectivity index (χ3v) is 8.92. The fourth-order valence-electron chi connectivity index (χ4n) is 5.43. The molecule has 0 fully saturated rings. The summed E-state index contributed by atoms with van der Waals surface area (Å²) in [5.41, 5.74) is 13.0. The molecule has 0 unspecified atom stereocenters. The predicted octanol–water partition coefficient (Wildman–Crippen LogP) is 9.34. The second kappa shape index (κ2) is 7.41. The van der Waals surface area contributed by atoms with Gasteiger partial charge in [-0.3, -0.25) is 0 Å². The third-order valence-electron chi connectivity index (χ3n) is 6.64. The molecular formula is C27H16Br4. The van der Waals surface area contributed by atoms with Gasteiger partial charge in [0.05, 0.1) is 5.41 Å². The van der Waals surface area contributed by atoms with Gasteiger partial charge < -0.3 is 0 Å². The number of halogens is 4. The summed E-state index contributed by atoms with van der Waals surface area (Å²) in [5.74, 6) is 0. The molecule has 31 heavy (non-hydrogen) atoms. The first-order valence-electron chi connectivity index (χ1n) is 10.1. The summed E-state index contributed by atoms with van der Waals surface area (Å²) in [5, 5.41) is 1.69. The number of hydrogen-bond acceptors (Lipinski definition) is 0. The Balaban J connectivity index is 1.85. The average Bonchev–Trinajstić information content (AvgIpc) is 3.24. The molecule has 0 N–H and O–H groups in total. The molecule has 2 aliphatic carbocycles. The molecule has 152 valence electrons. The fourth-order valence-corrected chi connectivity index (χ4v) is 6.85. The molecule has 0 atom stereocenters. The van der Waals surface area contributed by atoms with Crippen molar-refractivity contribution in [3.8, 4) is 22.3 Å². The Morgan fingerprint density at radius 1 is 0.484 bits per heavy atom. The Morgan fingerprint density at radius 2 is 0.839 bits per heavy atom. The molecule has 1 spiro atoms. The van der Waals surface area contributed by atoms with Crippen LogP contribution in [0.2, 0.25) is 0 Å². The van der Waals surface area contributed by atoms with Gasteiger partial charge in [0.25, 0.3) is 0 Å². The molecule has 0 nitrogen and oxygen atoms in total. The standard InChI is InChI=1S/C27H16Br4/c28-13-15-1-5-19-20-6-2-16(14-29)10-24(20)27(23(19)9-15)25-11-17(30)3-7-21(25)22-8-4-18(31)12-26(22)27/h1-12H,13-14H2. The molecule has 0 aromatic heterocycles. The maximum absolute atomic E-state index is 3.77. The van der Waals surface area contributed by atoms with Crippen LogP contribution < -0.4 is 0 Å². The van der Waals surface area contributed by atoms with E-state index in [2.05, 4.69) is 137 Å². The van der Waals surface area contributed by atoms with E-state index in [1.165, 1.54) is 55.6 Å². The monoisotopic (exact) mass is 656 g/mol. The highest BCUT2D eigenvalue weighted by Gasteiger charge is 2.52. The van der Waals surface area contributed by atoms with Crippen molar-refractivity contribution in [2.45, 2.75) is 16.1 Å². The van der Waals surface area contributed by atoms with Gasteiger partial charge in [-0.05, 0) is 79.9 Å². The lowest BCUT2D eigenvalue weighted by atomic mass is 9.70. The Morgan fingerprint density at radius 3 is 1.23 bits per heavy atom. The van der Waals surface area contributed by atoms with Gasteiger partial charge in [-0.25, -0.2) is 0 Å². The van der Waals surface area contributed by atoms with Crippen LogP contribution in [0.15, 0.2) is 81.7 Å². The highest BCUT2D eigenvalue weighted by atomic mass is 79.9. The van der Waals surface area contributed by atoms with Crippen LogP contribution in [-0.2, 0) is 16.1 Å². The van der Waals surface area contributed by atoms with Crippen LogP contribution in [0.1, 0.15) is 33.4 Å². The van der Waals surface area contributed by atoms with Crippen molar-refractivity contribution in [3.05, 3.63) is 115 Å². The quantitative estimate of drug-likeness (QED) is 0.163. The predicted molar refractivity (Wildman–Crippen MR) is 143 cm³/mol. The number of alkyl halides is 2. The molecular weight excluding hydrogens is 644 g/mol. The van der Waals surface area contributed by atoms with Crippen LogP contribution >= 0.6 is 63.7 Å². The summed E-state index contributed by atoms with van der Waals surface area (Å²) in [6, 6.07) is 27.4. The molecule has 0 saturated carbocycles. The first kappa shape index (κ1) is 20.4. The van der Waals surface area contributed by atoms with E-state index in [9.17, 15) is 0 Å². The molecule has 0 heterocycles. The average molecular weight is 660 g/mol. The molecule has 0 aliphatic heterocycles. The van der Waals surface area contributed by atoms with Crippen LogP contribution in [0.25, 0.3) is 22.3 Å². The molecule has 0 radical (unpaired) electrons. The van der Waals surface area contributed by atoms with Crippen molar-refractivity contribution < 1.29 is 0 Å². The van der Waals surface area contributed by atoms with E-state index in [-0.39, 0.29) is 5.41 Å². The molecule has 2 aliphatic rings. The highest BCUT2D eigenvalue weighted by Crippen LogP contribution is 2.63. The summed E-state index contributed by atoms with van der Waals surface area (Å²) in [6.45, 7) is 0. The van der Waals surface area contributed by atoms with Crippen LogP contribution in [0.5, 0.6) is 0 Å². The Labute approximate surface area is 215 Å². The maximum atomic E-state index is 3.77. The van der Waals surface area contributed by atoms with Gasteiger partial charge in [0.15, 0.2) is 0 Å². The zero-order valence-corrected chi connectivity index (χ0v) is 22.7. The van der Waals surface area contributed by atoms with Crippen molar-refractivity contribution in [2.75, 3.05) is 0 Å². The second-order valence-corrected chi connectivity index (χ2v) is 11.1. The highest BCUT2D eigenvalue weighted by molar-refractivity contribution is 9.10. The Bertz CT molecular complexity index is 1280. The van der Waals surface area contributed by atoms with Crippen LogP contribution in [0.4, 0.5) is 0 Å². The van der Waals surface area contributed by atoms with Gasteiger partial charge in [0.1, 0.15) is 0 Å². The van der Waals surface area contributed by atoms with Crippen molar-refractivity contribution in [1.82, 2.24) is 0 Å². The van der Waals surface area contributed by atoms with Crippen molar-refractivity contribution in [2.24, 2.45) is 0 Å². The lowest BCUT2D eigenvalue weighted by molar-refractivity contribution is 0.790. The largest absolute Gasteiger partial charge is 0.0876 e. The minimum absolute atomic E-state index is 0.320. The van der Waals surface area contributed by atoms with Crippen molar-refractivity contribution in [1.29, 1.82) is 0 Å². The smallest absolute Gasteiger partial charge is 0.0726 e. The van der Waals surface area contributed by atoms with E-state index in [0.717, 1.165) is 19.6 Å². The molecule has 4 heteroatoms. The van der Waals surface area contributed by atoms with Crippen LogP contribution in [0, 0.1) is 0 Å². The second-order valence-electron chi connectivity index (χ2n) is 8.16. The Hall–Kier alpha value is -1.20. The molecule has 4 aromatic carbocycles. The van der Waals surface area contributed by atoms with Gasteiger partial charge in [-0.15, -0.1) is 0 Å². The van der Waals surface area contributed by atoms with E-state index in [0.29, 0.717) is 0 Å². The first-order valence-corrected chi connectivity index (χ1v) is 13.9. The normalized spacial score (nSPS) is 14.3. The van der Waals surface area contributed by atoms with E-state index in [4.69, 9.17) is 0 Å². The van der Waals surface area contributed by atoms with Crippen LogP contribution in [0.3, 0.4) is 0 Å². The summed E-state index contributed by atoms with van der Waals surface area (Å²) in [7, 11) is 0. The van der Waals surface area contributed by atoms with Gasteiger partial charge in [0, 0.05) is 19.6 Å². The minimum atomic E-state index is -0.320. The molecule has 0 saturated heterocycles. The summed E-state index contributed by atoms with van der Waals surface area (Å²) in [6.07, 6.45) is 0. The molecule has 0 bridgehead atoms. The van der Waals surface area contributed by atoms with E-state index in [1.807, 2.05) is 0 Å². The first-order chi connectivity index (χ1) is 15.1. The van der Waals surface area contributed by atoms with Crippen LogP contribution in [-0.4, -0.2) is 0 Å². The number of hydrogen-bond donors (Lipinski definition) is 0. The number of rotatable bonds is 2. The number of benzene rings is 4. The maximum Gasteiger partial charge on any atom is 0.0726 e. The van der Waals surface area contributed by atoms with Gasteiger partial charge in [-0.1, -0.05) is 112 Å². The third kappa shape index (κ3) is 2.75. The van der Waals surface area contributed by atoms with Gasteiger partial charge in [0.2, 0.25) is 0 Å². The minimum Gasteiger partial charge on any atom is -0.0876 e. The lowest BCUT2D eigenvalue weighted by Crippen LogP contribution is -2.26. The Kier molecular flexibility index (Phi) is 4.88. The zero-order chi connectivity index (χ0) is 21.3. The van der Waals surface area contributed by atoms with Gasteiger partial charge in [-0.2, -0.15) is 0 Å². The summed E-state index contributed by atoms with van der Waals surface area (Å²) in [4.78, 5) is 0. The van der Waals surface area contributed by atoms with E-state index < -0.39 is 0 Å². The number of fused-ring (bicyclic) bond motifs is 10. The SMILES string of the molecule is BrCc1ccc2c(c1)C1(c3cc(Br)ccc3-c3ccc(Br)cc31)c1cc(CBr)ccc1-2. The summed E-state index contributed by atoms with van der Waals surface area (Å²) >= 11 is 14.9. The summed E-state index contributed by atoms with van der Waals surface area (Å²) < 4.78 is 2.22. The molecule has 0 amide bonds. The molecule has 4 aromatic rings. The zero-order valence-electron chi connectivity index (χ0n) is 16.4. The van der Waals surface area contributed by atoms with E-state index in [1.54, 1.807) is 0 Å². The van der Waals surface area contributed by atoms with Crippen molar-refractivity contribution in [3.63, 3.8) is 0 Å². The lowest BCUT2D eigenvalue weighted by Gasteiger charge is -2.31. The topological polar surface area (TPSA) is 0 Å². The van der Waals surface area contributed by atoms with Gasteiger partial charge >= 0.3 is 0 Å². The fraction of sp³-hybridized carbons (Fsp3) is 0.111.